The Hall–Kier alpha value is -4.34. The third-order valence-corrected chi connectivity index (χ3v) is 5.14. The van der Waals surface area contributed by atoms with Crippen LogP contribution in [0.2, 0.25) is 0 Å². The summed E-state index contributed by atoms with van der Waals surface area (Å²) in [5.41, 5.74) is 8.02. The molecule has 9 heteroatoms. The average molecular weight is 506 g/mol. The van der Waals surface area contributed by atoms with Crippen LogP contribution in [0.15, 0.2) is 91.0 Å². The summed E-state index contributed by atoms with van der Waals surface area (Å²) in [4.78, 5) is 25.3. The monoisotopic (exact) mass is 505 g/mol. The Balaban J connectivity index is 1.82. The molecule has 0 unspecified atom stereocenters. The van der Waals surface area contributed by atoms with E-state index in [1.807, 2.05) is 6.07 Å². The highest BCUT2D eigenvalue weighted by atomic mass is 16.6. The number of amides is 2. The number of aliphatic hydroxyl groups excluding tert-OH is 1. The van der Waals surface area contributed by atoms with Gasteiger partial charge in [-0.05, 0) is 55.0 Å². The molecule has 0 aromatic heterocycles. The SMILES string of the molecule is CCO[C@H](/C=C/C(=O)Nc1ccccc1N)[C@H](OC(=O)Nc1ccccc1)c1ccc(OCCO)cc1. The number of aliphatic hydroxyl groups is 1. The van der Waals surface area contributed by atoms with Crippen molar-refractivity contribution in [2.45, 2.75) is 19.1 Å². The summed E-state index contributed by atoms with van der Waals surface area (Å²) in [5, 5.41) is 14.4. The van der Waals surface area contributed by atoms with Crippen molar-refractivity contribution in [1.82, 2.24) is 0 Å². The number of nitrogens with one attached hydrogen (secondary N) is 2. The molecule has 9 nitrogen and oxygen atoms in total. The van der Waals surface area contributed by atoms with Gasteiger partial charge in [0.05, 0.1) is 18.0 Å². The molecule has 5 N–H and O–H groups in total. The molecule has 2 amide bonds. The summed E-state index contributed by atoms with van der Waals surface area (Å²) in [5.74, 6) is 0.136. The van der Waals surface area contributed by atoms with E-state index >= 15 is 0 Å². The van der Waals surface area contributed by atoms with Gasteiger partial charge in [-0.1, -0.05) is 42.5 Å². The summed E-state index contributed by atoms with van der Waals surface area (Å²) in [6.45, 7) is 2.16. The fraction of sp³-hybridized carbons (Fsp3) is 0.214. The molecule has 0 spiro atoms. The molecule has 0 saturated carbocycles. The molecule has 0 bridgehead atoms. The van der Waals surface area contributed by atoms with Gasteiger partial charge in [-0.25, -0.2) is 4.79 Å². The van der Waals surface area contributed by atoms with Crippen LogP contribution in [0.4, 0.5) is 21.9 Å². The standard InChI is InChI=1S/C28H31N3O6/c1-2-35-25(16-17-26(33)31-24-11-7-6-10-23(24)29)27(20-12-14-22(15-13-20)36-19-18-32)37-28(34)30-21-8-4-3-5-9-21/h3-17,25,27,32H,2,18-19,29H2,1H3,(H,30,34)(H,31,33)/b17-16+/t25-,27-/m1/s1. The molecular formula is C28H31N3O6. The lowest BCUT2D eigenvalue weighted by atomic mass is 10.0. The molecule has 194 valence electrons. The van der Waals surface area contributed by atoms with Crippen molar-refractivity contribution in [3.63, 3.8) is 0 Å². The number of hydrogen-bond donors (Lipinski definition) is 4. The Morgan fingerprint density at radius 2 is 1.68 bits per heavy atom. The molecule has 0 aliphatic rings. The first kappa shape index (κ1) is 27.3. The first-order valence-corrected chi connectivity index (χ1v) is 11.8. The maximum Gasteiger partial charge on any atom is 0.412 e. The minimum atomic E-state index is -0.888. The van der Waals surface area contributed by atoms with Gasteiger partial charge in [0.15, 0.2) is 6.10 Å². The maximum absolute atomic E-state index is 12.8. The molecule has 3 aromatic carbocycles. The lowest BCUT2D eigenvalue weighted by Gasteiger charge is -2.25. The predicted molar refractivity (Wildman–Crippen MR) is 142 cm³/mol. The number of carbonyl (C=O) groups is 2. The van der Waals surface area contributed by atoms with E-state index in [9.17, 15) is 9.59 Å². The molecule has 0 aliphatic carbocycles. The number of anilines is 3. The fourth-order valence-electron chi connectivity index (χ4n) is 3.43. The van der Waals surface area contributed by atoms with Crippen LogP contribution in [-0.4, -0.2) is 43.0 Å². The fourth-order valence-corrected chi connectivity index (χ4v) is 3.43. The summed E-state index contributed by atoms with van der Waals surface area (Å²) in [6.07, 6.45) is 0.498. The molecule has 0 aliphatic heterocycles. The van der Waals surface area contributed by atoms with Gasteiger partial charge in [0.2, 0.25) is 5.91 Å². The zero-order chi connectivity index (χ0) is 26.5. The van der Waals surface area contributed by atoms with Crippen molar-refractivity contribution in [2.24, 2.45) is 0 Å². The number of nitrogens with two attached hydrogens (primary N) is 1. The Kier molecular flexibility index (Phi) is 10.5. The molecule has 0 radical (unpaired) electrons. The zero-order valence-corrected chi connectivity index (χ0v) is 20.5. The van der Waals surface area contributed by atoms with Gasteiger partial charge >= 0.3 is 6.09 Å². The normalized spacial score (nSPS) is 12.5. The van der Waals surface area contributed by atoms with Crippen molar-refractivity contribution in [3.05, 3.63) is 96.6 Å². The lowest BCUT2D eigenvalue weighted by molar-refractivity contribution is -0.112. The molecule has 2 atom stereocenters. The lowest BCUT2D eigenvalue weighted by Crippen LogP contribution is -2.28. The molecule has 3 rings (SSSR count). The average Bonchev–Trinajstić information content (AvgIpc) is 2.91. The quantitative estimate of drug-likeness (QED) is 0.210. The van der Waals surface area contributed by atoms with Crippen molar-refractivity contribution in [1.29, 1.82) is 0 Å². The van der Waals surface area contributed by atoms with Crippen molar-refractivity contribution in [3.8, 4) is 5.75 Å². The number of para-hydroxylation sites is 3. The second kappa shape index (κ2) is 14.3. The summed E-state index contributed by atoms with van der Waals surface area (Å²) < 4.78 is 17.1. The topological polar surface area (TPSA) is 132 Å². The first-order chi connectivity index (χ1) is 18.0. The Morgan fingerprint density at radius 1 is 0.973 bits per heavy atom. The van der Waals surface area contributed by atoms with E-state index < -0.39 is 24.2 Å². The van der Waals surface area contributed by atoms with E-state index in [2.05, 4.69) is 10.6 Å². The third kappa shape index (κ3) is 8.68. The maximum atomic E-state index is 12.8. The highest BCUT2D eigenvalue weighted by Crippen LogP contribution is 2.28. The van der Waals surface area contributed by atoms with Crippen molar-refractivity contribution in [2.75, 3.05) is 36.2 Å². The summed E-state index contributed by atoms with van der Waals surface area (Å²) in [6, 6.07) is 22.7. The van der Waals surface area contributed by atoms with E-state index in [1.54, 1.807) is 79.7 Å². The van der Waals surface area contributed by atoms with Gasteiger partial charge in [-0.3, -0.25) is 10.1 Å². The van der Waals surface area contributed by atoms with Gasteiger partial charge in [0, 0.05) is 18.4 Å². The van der Waals surface area contributed by atoms with Crippen LogP contribution < -0.4 is 21.1 Å². The molecule has 37 heavy (non-hydrogen) atoms. The van der Waals surface area contributed by atoms with E-state index in [0.29, 0.717) is 35.0 Å². The van der Waals surface area contributed by atoms with Gasteiger partial charge < -0.3 is 30.4 Å². The second-order valence-corrected chi connectivity index (χ2v) is 7.81. The minimum Gasteiger partial charge on any atom is -0.491 e. The van der Waals surface area contributed by atoms with Crippen molar-refractivity contribution < 1.29 is 28.9 Å². The number of hydrogen-bond acceptors (Lipinski definition) is 7. The van der Waals surface area contributed by atoms with E-state index in [4.69, 9.17) is 25.1 Å². The third-order valence-electron chi connectivity index (χ3n) is 5.14. The highest BCUT2D eigenvalue weighted by Gasteiger charge is 2.26. The molecule has 0 saturated heterocycles. The predicted octanol–water partition coefficient (Wildman–Crippen LogP) is 4.53. The van der Waals surface area contributed by atoms with Crippen molar-refractivity contribution >= 4 is 29.1 Å². The van der Waals surface area contributed by atoms with Crippen LogP contribution in [-0.2, 0) is 14.3 Å². The van der Waals surface area contributed by atoms with Gasteiger partial charge in [-0.2, -0.15) is 0 Å². The van der Waals surface area contributed by atoms with Crippen LogP contribution in [0, 0.1) is 0 Å². The Bertz CT molecular complexity index is 1170. The number of ether oxygens (including phenoxy) is 3. The Labute approximate surface area is 215 Å². The van der Waals surface area contributed by atoms with E-state index in [-0.39, 0.29) is 13.2 Å². The summed E-state index contributed by atoms with van der Waals surface area (Å²) in [7, 11) is 0. The van der Waals surface area contributed by atoms with Gasteiger partial charge in [0.25, 0.3) is 0 Å². The van der Waals surface area contributed by atoms with Crippen LogP contribution in [0.25, 0.3) is 0 Å². The summed E-state index contributed by atoms with van der Waals surface area (Å²) >= 11 is 0. The number of rotatable bonds is 12. The Morgan fingerprint density at radius 3 is 2.35 bits per heavy atom. The van der Waals surface area contributed by atoms with Crippen LogP contribution in [0.5, 0.6) is 5.75 Å². The smallest absolute Gasteiger partial charge is 0.412 e. The molecular weight excluding hydrogens is 474 g/mol. The second-order valence-electron chi connectivity index (χ2n) is 7.81. The largest absolute Gasteiger partial charge is 0.491 e. The van der Waals surface area contributed by atoms with E-state index in [1.165, 1.54) is 12.2 Å². The molecule has 3 aromatic rings. The molecule has 0 heterocycles. The number of nitrogen functional groups attached to an aromatic ring is 1. The highest BCUT2D eigenvalue weighted by molar-refractivity contribution is 6.01. The zero-order valence-electron chi connectivity index (χ0n) is 20.5. The number of benzene rings is 3. The van der Waals surface area contributed by atoms with Gasteiger partial charge in [-0.15, -0.1) is 0 Å². The molecule has 0 fully saturated rings. The van der Waals surface area contributed by atoms with E-state index in [0.717, 1.165) is 0 Å². The van der Waals surface area contributed by atoms with Gasteiger partial charge in [0.1, 0.15) is 18.5 Å². The van der Waals surface area contributed by atoms with Crippen LogP contribution >= 0.6 is 0 Å². The number of carbonyl (C=O) groups excluding carboxylic acids is 2. The first-order valence-electron chi connectivity index (χ1n) is 11.8. The minimum absolute atomic E-state index is 0.110. The van der Waals surface area contributed by atoms with Crippen LogP contribution in [0.3, 0.4) is 0 Å². The van der Waals surface area contributed by atoms with Crippen LogP contribution in [0.1, 0.15) is 18.6 Å².